The molecule has 172 valence electrons. The van der Waals surface area contributed by atoms with Crippen LogP contribution in [-0.4, -0.2) is 64.6 Å². The second-order valence-electron chi connectivity index (χ2n) is 8.25. The first kappa shape index (κ1) is 22.3. The number of hydrogen-bond donors (Lipinski definition) is 0. The van der Waals surface area contributed by atoms with Crippen molar-refractivity contribution in [2.75, 3.05) is 44.3 Å². The normalized spacial score (nSPS) is 14.9. The highest BCUT2D eigenvalue weighted by Crippen LogP contribution is 2.34. The molecule has 0 N–H and O–H groups in total. The first-order valence-corrected chi connectivity index (χ1v) is 12.3. The van der Waals surface area contributed by atoms with Crippen LogP contribution in [0, 0.1) is 13.8 Å². The second kappa shape index (κ2) is 9.38. The lowest BCUT2D eigenvalue weighted by atomic mass is 10.2. The molecule has 1 saturated heterocycles. The number of fused-ring (bicyclic) bond motifs is 2. The lowest BCUT2D eigenvalue weighted by Crippen LogP contribution is -2.39. The van der Waals surface area contributed by atoms with Crippen molar-refractivity contribution in [1.82, 2.24) is 19.3 Å². The minimum Gasteiger partial charge on any atom is -0.379 e. The fourth-order valence-corrected chi connectivity index (χ4v) is 5.47. The van der Waals surface area contributed by atoms with Crippen LogP contribution in [0.15, 0.2) is 36.5 Å². The number of aryl methyl sites for hydroxylation is 2. The molecule has 7 nitrogen and oxygen atoms in total. The van der Waals surface area contributed by atoms with E-state index in [1.165, 1.54) is 11.3 Å². The molecule has 0 unspecified atom stereocenters. The Morgan fingerprint density at radius 2 is 2.00 bits per heavy atom. The van der Waals surface area contributed by atoms with E-state index in [1.807, 2.05) is 59.7 Å². The van der Waals surface area contributed by atoms with Crippen molar-refractivity contribution in [2.24, 2.45) is 0 Å². The number of morpholine rings is 1. The van der Waals surface area contributed by atoms with Crippen molar-refractivity contribution >= 4 is 49.8 Å². The first-order valence-electron chi connectivity index (χ1n) is 11.1. The number of rotatable bonds is 6. The Kier molecular flexibility index (Phi) is 6.34. The molecule has 0 radical (unpaired) electrons. The zero-order valence-corrected chi connectivity index (χ0v) is 20.3. The van der Waals surface area contributed by atoms with Gasteiger partial charge in [-0.05, 0) is 50.1 Å². The lowest BCUT2D eigenvalue weighted by Gasteiger charge is -2.27. The van der Waals surface area contributed by atoms with Crippen LogP contribution >= 0.6 is 22.9 Å². The summed E-state index contributed by atoms with van der Waals surface area (Å²) in [5, 5.41) is 1.37. The van der Waals surface area contributed by atoms with Gasteiger partial charge in [-0.3, -0.25) is 19.0 Å². The maximum Gasteiger partial charge on any atom is 0.278 e. The van der Waals surface area contributed by atoms with E-state index in [0.717, 1.165) is 60.7 Å². The van der Waals surface area contributed by atoms with E-state index >= 15 is 0 Å². The van der Waals surface area contributed by atoms with Crippen molar-refractivity contribution in [1.29, 1.82) is 0 Å². The number of thiazole rings is 1. The molecule has 0 atom stereocenters. The average Bonchev–Trinajstić information content (AvgIpc) is 3.40. The van der Waals surface area contributed by atoms with Gasteiger partial charge in [0.2, 0.25) is 0 Å². The van der Waals surface area contributed by atoms with Gasteiger partial charge >= 0.3 is 0 Å². The molecule has 33 heavy (non-hydrogen) atoms. The van der Waals surface area contributed by atoms with Crippen LogP contribution in [0.3, 0.4) is 0 Å². The zero-order valence-electron chi connectivity index (χ0n) is 18.8. The van der Waals surface area contributed by atoms with Crippen molar-refractivity contribution < 1.29 is 9.53 Å². The third kappa shape index (κ3) is 4.36. The minimum absolute atomic E-state index is 0.0871. The fourth-order valence-electron chi connectivity index (χ4n) is 4.26. The van der Waals surface area contributed by atoms with Crippen LogP contribution in [0.5, 0.6) is 0 Å². The summed E-state index contributed by atoms with van der Waals surface area (Å²) in [5.74, 6) is -0.0871. The van der Waals surface area contributed by atoms with Crippen molar-refractivity contribution in [3.63, 3.8) is 0 Å². The Balaban J connectivity index is 1.50. The molecular weight excluding hydrogens is 458 g/mol. The maximum atomic E-state index is 13.9. The number of benzene rings is 1. The number of carbonyl (C=O) groups is 1. The molecular formula is C24H26ClN5O2S. The number of carbonyl (C=O) groups excluding carboxylic acids is 1. The molecule has 1 aliphatic heterocycles. The van der Waals surface area contributed by atoms with Crippen LogP contribution in [0.25, 0.3) is 15.9 Å². The van der Waals surface area contributed by atoms with Crippen LogP contribution in [0.2, 0.25) is 5.02 Å². The van der Waals surface area contributed by atoms with E-state index in [0.29, 0.717) is 28.1 Å². The van der Waals surface area contributed by atoms with Gasteiger partial charge in [0, 0.05) is 37.4 Å². The SMILES string of the molecule is Cc1nc2ccccn2c1C(=O)N(CCCN1CCOCC1)c1nc2c(C)c(Cl)ccc2s1. The molecule has 4 heterocycles. The summed E-state index contributed by atoms with van der Waals surface area (Å²) in [5.41, 5.74) is 3.83. The molecule has 4 aromatic rings. The second-order valence-corrected chi connectivity index (χ2v) is 9.67. The third-order valence-corrected chi connectivity index (χ3v) is 7.53. The minimum atomic E-state index is -0.0871. The van der Waals surface area contributed by atoms with Crippen molar-refractivity contribution in [2.45, 2.75) is 20.3 Å². The molecule has 1 amide bonds. The summed E-state index contributed by atoms with van der Waals surface area (Å²) >= 11 is 7.86. The quantitative estimate of drug-likeness (QED) is 0.401. The van der Waals surface area contributed by atoms with Crippen LogP contribution < -0.4 is 4.90 Å². The predicted octanol–water partition coefficient (Wildman–Crippen LogP) is 4.58. The van der Waals surface area contributed by atoms with Crippen LogP contribution in [0.4, 0.5) is 5.13 Å². The van der Waals surface area contributed by atoms with E-state index in [2.05, 4.69) is 9.88 Å². The molecule has 0 spiro atoms. The molecule has 0 aliphatic carbocycles. The number of halogens is 1. The van der Waals surface area contributed by atoms with Gasteiger partial charge in [0.05, 0.1) is 29.1 Å². The van der Waals surface area contributed by atoms with E-state index in [9.17, 15) is 4.79 Å². The number of imidazole rings is 1. The number of aromatic nitrogens is 3. The summed E-state index contributed by atoms with van der Waals surface area (Å²) in [7, 11) is 0. The van der Waals surface area contributed by atoms with Crippen LogP contribution in [-0.2, 0) is 4.74 Å². The molecule has 1 aliphatic rings. The van der Waals surface area contributed by atoms with E-state index in [4.69, 9.17) is 21.3 Å². The Labute approximate surface area is 201 Å². The summed E-state index contributed by atoms with van der Waals surface area (Å²) in [6.07, 6.45) is 2.73. The number of nitrogens with zero attached hydrogens (tertiary/aromatic N) is 5. The van der Waals surface area contributed by atoms with Gasteiger partial charge in [0.1, 0.15) is 11.3 Å². The molecule has 0 bridgehead atoms. The molecule has 0 saturated carbocycles. The van der Waals surface area contributed by atoms with Crippen molar-refractivity contribution in [3.8, 4) is 0 Å². The average molecular weight is 484 g/mol. The zero-order chi connectivity index (χ0) is 22.9. The Bertz CT molecular complexity index is 1310. The largest absolute Gasteiger partial charge is 0.379 e. The fraction of sp³-hybridized carbons (Fsp3) is 0.375. The van der Waals surface area contributed by atoms with Crippen molar-refractivity contribution in [3.05, 3.63) is 58.5 Å². The summed E-state index contributed by atoms with van der Waals surface area (Å²) in [6, 6.07) is 9.62. The van der Waals surface area contributed by atoms with Gasteiger partial charge < -0.3 is 4.74 Å². The Morgan fingerprint density at radius 3 is 2.82 bits per heavy atom. The Morgan fingerprint density at radius 1 is 1.18 bits per heavy atom. The standard InChI is InChI=1S/C24H26ClN5O2S/c1-16-18(25)7-8-19-21(16)27-24(33-19)30(11-5-9-28-12-14-32-15-13-28)23(31)22-17(2)26-20-6-3-4-10-29(20)22/h3-4,6-8,10H,5,9,11-15H2,1-2H3. The van der Waals surface area contributed by atoms with Gasteiger partial charge in [0.15, 0.2) is 5.13 Å². The monoisotopic (exact) mass is 483 g/mol. The topological polar surface area (TPSA) is 63.0 Å². The van der Waals surface area contributed by atoms with Gasteiger partial charge in [-0.2, -0.15) is 0 Å². The summed E-state index contributed by atoms with van der Waals surface area (Å²) in [4.78, 5) is 27.6. The number of pyridine rings is 1. The molecule has 1 aromatic carbocycles. The highest BCUT2D eigenvalue weighted by Gasteiger charge is 2.26. The highest BCUT2D eigenvalue weighted by molar-refractivity contribution is 7.22. The van der Waals surface area contributed by atoms with E-state index < -0.39 is 0 Å². The predicted molar refractivity (Wildman–Crippen MR) is 133 cm³/mol. The number of hydrogen-bond acceptors (Lipinski definition) is 6. The van der Waals surface area contributed by atoms with Gasteiger partial charge in [0.25, 0.3) is 5.91 Å². The van der Waals surface area contributed by atoms with Gasteiger partial charge in [-0.15, -0.1) is 0 Å². The first-order chi connectivity index (χ1) is 16.0. The maximum absolute atomic E-state index is 13.9. The smallest absolute Gasteiger partial charge is 0.278 e. The van der Waals surface area contributed by atoms with E-state index in [-0.39, 0.29) is 5.91 Å². The molecule has 3 aromatic heterocycles. The third-order valence-electron chi connectivity index (χ3n) is 6.08. The lowest BCUT2D eigenvalue weighted by molar-refractivity contribution is 0.0376. The van der Waals surface area contributed by atoms with Gasteiger partial charge in [-0.1, -0.05) is 29.0 Å². The number of anilines is 1. The molecule has 5 rings (SSSR count). The summed E-state index contributed by atoms with van der Waals surface area (Å²) < 4.78 is 8.34. The van der Waals surface area contributed by atoms with Crippen LogP contribution in [0.1, 0.15) is 28.2 Å². The number of ether oxygens (including phenoxy) is 1. The summed E-state index contributed by atoms with van der Waals surface area (Å²) in [6.45, 7) is 8.72. The van der Waals surface area contributed by atoms with Gasteiger partial charge in [-0.25, -0.2) is 9.97 Å². The molecule has 1 fully saturated rings. The highest BCUT2D eigenvalue weighted by atomic mass is 35.5. The number of amides is 1. The molecule has 9 heteroatoms. The Hall–Kier alpha value is -2.52. The van der Waals surface area contributed by atoms with E-state index in [1.54, 1.807) is 0 Å².